The van der Waals surface area contributed by atoms with Crippen molar-refractivity contribution in [2.45, 2.75) is 34.1 Å². The number of nitrogens with zero attached hydrogens (tertiary/aromatic N) is 4. The van der Waals surface area contributed by atoms with E-state index in [1.165, 1.54) is 23.0 Å². The van der Waals surface area contributed by atoms with Gasteiger partial charge in [-0.2, -0.15) is 0 Å². The molecule has 2 heterocycles. The highest BCUT2D eigenvalue weighted by Gasteiger charge is 2.32. The van der Waals surface area contributed by atoms with Crippen LogP contribution in [0.5, 0.6) is 0 Å². The lowest BCUT2D eigenvalue weighted by molar-refractivity contribution is -0.122. The number of amidine groups is 1. The number of aryl methyl sites for hydroxylation is 2. The number of hydrogen-bond acceptors (Lipinski definition) is 4. The Morgan fingerprint density at radius 3 is 2.38 bits per heavy atom. The molecule has 1 aliphatic rings. The topological polar surface area (TPSA) is 40.8 Å². The molecule has 3 aromatic rings. The van der Waals surface area contributed by atoms with Gasteiger partial charge in [0.05, 0.1) is 10.6 Å². The number of thioether (sulfide) groups is 1. The molecule has 2 aromatic carbocycles. The van der Waals surface area contributed by atoms with Gasteiger partial charge in [0.25, 0.3) is 5.91 Å². The molecule has 0 unspecified atom stereocenters. The molecule has 34 heavy (non-hydrogen) atoms. The Morgan fingerprint density at radius 1 is 1.03 bits per heavy atom. The lowest BCUT2D eigenvalue weighted by Gasteiger charge is -2.14. The SMILES string of the molecule is CCc1ccccc1-n1c(C)cc(/C=C2\SC(=Nc3ccc(N(C)C)cc3)N(CC)C2=O)c1C. The molecule has 0 bridgehead atoms. The van der Waals surface area contributed by atoms with E-state index in [4.69, 9.17) is 4.99 Å². The van der Waals surface area contributed by atoms with E-state index >= 15 is 0 Å². The van der Waals surface area contributed by atoms with Gasteiger partial charge in [0.1, 0.15) is 0 Å². The molecule has 1 saturated heterocycles. The van der Waals surface area contributed by atoms with Gasteiger partial charge in [-0.25, -0.2) is 4.99 Å². The normalized spacial score (nSPS) is 16.2. The van der Waals surface area contributed by atoms with E-state index in [-0.39, 0.29) is 5.91 Å². The number of carbonyl (C=O) groups is 1. The van der Waals surface area contributed by atoms with Crippen molar-refractivity contribution >= 4 is 40.3 Å². The fraction of sp³-hybridized carbons (Fsp3) is 0.286. The van der Waals surface area contributed by atoms with Crippen LogP contribution >= 0.6 is 11.8 Å². The quantitative estimate of drug-likeness (QED) is 0.393. The van der Waals surface area contributed by atoms with Crippen LogP contribution in [0.2, 0.25) is 0 Å². The van der Waals surface area contributed by atoms with Crippen LogP contribution in [0.1, 0.15) is 36.4 Å². The number of rotatable bonds is 6. The smallest absolute Gasteiger partial charge is 0.266 e. The fourth-order valence-electron chi connectivity index (χ4n) is 4.28. The molecule has 0 aliphatic carbocycles. The highest BCUT2D eigenvalue weighted by atomic mass is 32.2. The Labute approximate surface area is 206 Å². The van der Waals surface area contributed by atoms with E-state index in [1.54, 1.807) is 4.90 Å². The van der Waals surface area contributed by atoms with E-state index in [1.807, 2.05) is 51.4 Å². The molecule has 0 N–H and O–H groups in total. The van der Waals surface area contributed by atoms with Crippen molar-refractivity contribution in [3.05, 3.63) is 82.0 Å². The zero-order chi connectivity index (χ0) is 24.4. The van der Waals surface area contributed by atoms with Gasteiger partial charge in [0, 0.05) is 43.4 Å². The minimum atomic E-state index is 0.00919. The second-order valence-electron chi connectivity index (χ2n) is 8.61. The molecule has 4 rings (SSSR count). The number of amides is 1. The lowest BCUT2D eigenvalue weighted by Crippen LogP contribution is -2.28. The Hall–Kier alpha value is -3.25. The summed E-state index contributed by atoms with van der Waals surface area (Å²) in [7, 11) is 4.03. The zero-order valence-electron chi connectivity index (χ0n) is 20.8. The number of anilines is 1. The number of benzene rings is 2. The monoisotopic (exact) mass is 472 g/mol. The number of carbonyl (C=O) groups excluding carboxylic acids is 1. The number of likely N-dealkylation sites (N-methyl/N-ethyl adjacent to an activating group) is 1. The molecular formula is C28H32N4OS. The predicted octanol–water partition coefficient (Wildman–Crippen LogP) is 6.35. The van der Waals surface area contributed by atoms with Crippen molar-refractivity contribution in [1.29, 1.82) is 0 Å². The molecule has 5 nitrogen and oxygen atoms in total. The van der Waals surface area contributed by atoms with Crippen LogP contribution in [0.3, 0.4) is 0 Å². The average Bonchev–Trinajstić information content (AvgIpc) is 3.28. The molecule has 1 aromatic heterocycles. The molecular weight excluding hydrogens is 440 g/mol. The van der Waals surface area contributed by atoms with E-state index in [0.29, 0.717) is 11.4 Å². The summed E-state index contributed by atoms with van der Waals surface area (Å²) in [6.45, 7) is 8.99. The second kappa shape index (κ2) is 9.94. The standard InChI is InChI=1S/C28H32N4OS/c1-7-21-11-9-10-12-25(21)32-19(3)17-22(20(32)4)18-26-27(33)31(8-2)28(34-26)29-23-13-15-24(16-14-23)30(5)6/h9-18H,7-8H2,1-6H3/b26-18-,29-28?. The third-order valence-electron chi connectivity index (χ3n) is 6.17. The van der Waals surface area contributed by atoms with Crippen molar-refractivity contribution in [2.75, 3.05) is 25.5 Å². The Kier molecular flexibility index (Phi) is 6.98. The fourth-order valence-corrected chi connectivity index (χ4v) is 5.33. The van der Waals surface area contributed by atoms with Gasteiger partial charge in [0.15, 0.2) is 5.17 Å². The number of hydrogen-bond donors (Lipinski definition) is 0. The van der Waals surface area contributed by atoms with E-state index < -0.39 is 0 Å². The first-order chi connectivity index (χ1) is 16.3. The highest BCUT2D eigenvalue weighted by molar-refractivity contribution is 8.18. The summed E-state index contributed by atoms with van der Waals surface area (Å²) < 4.78 is 2.29. The summed E-state index contributed by atoms with van der Waals surface area (Å²) in [6.07, 6.45) is 2.99. The molecule has 1 aliphatic heterocycles. The molecule has 0 saturated carbocycles. The largest absolute Gasteiger partial charge is 0.378 e. The van der Waals surface area contributed by atoms with Gasteiger partial charge in [-0.15, -0.1) is 0 Å². The third kappa shape index (κ3) is 4.55. The van der Waals surface area contributed by atoms with Crippen molar-refractivity contribution in [1.82, 2.24) is 9.47 Å². The summed E-state index contributed by atoms with van der Waals surface area (Å²) >= 11 is 1.45. The second-order valence-corrected chi connectivity index (χ2v) is 9.62. The maximum Gasteiger partial charge on any atom is 0.266 e. The van der Waals surface area contributed by atoms with Crippen molar-refractivity contribution in [2.24, 2.45) is 4.99 Å². The minimum absolute atomic E-state index is 0.00919. The third-order valence-corrected chi connectivity index (χ3v) is 7.17. The molecule has 176 valence electrons. The number of para-hydroxylation sites is 1. The van der Waals surface area contributed by atoms with Crippen LogP contribution in [-0.4, -0.2) is 41.2 Å². The van der Waals surface area contributed by atoms with Gasteiger partial charge in [0.2, 0.25) is 0 Å². The summed E-state index contributed by atoms with van der Waals surface area (Å²) in [5.41, 5.74) is 7.82. The summed E-state index contributed by atoms with van der Waals surface area (Å²) in [5, 5.41) is 0.724. The van der Waals surface area contributed by atoms with Crippen LogP contribution in [-0.2, 0) is 11.2 Å². The first-order valence-corrected chi connectivity index (χ1v) is 12.5. The van der Waals surface area contributed by atoms with Crippen LogP contribution in [0.4, 0.5) is 11.4 Å². The van der Waals surface area contributed by atoms with Crippen LogP contribution in [0, 0.1) is 13.8 Å². The molecule has 0 atom stereocenters. The van der Waals surface area contributed by atoms with E-state index in [9.17, 15) is 4.79 Å². The first kappa shape index (κ1) is 23.9. The molecule has 0 spiro atoms. The molecule has 1 amide bonds. The zero-order valence-corrected chi connectivity index (χ0v) is 21.6. The van der Waals surface area contributed by atoms with E-state index in [2.05, 4.69) is 60.6 Å². The van der Waals surface area contributed by atoms with Crippen LogP contribution in [0.25, 0.3) is 11.8 Å². The maximum absolute atomic E-state index is 13.2. The Morgan fingerprint density at radius 2 is 1.74 bits per heavy atom. The maximum atomic E-state index is 13.2. The lowest BCUT2D eigenvalue weighted by atomic mass is 10.1. The molecule has 0 radical (unpaired) electrons. The summed E-state index contributed by atoms with van der Waals surface area (Å²) in [4.78, 5) is 22.5. The van der Waals surface area contributed by atoms with Crippen LogP contribution < -0.4 is 4.90 Å². The van der Waals surface area contributed by atoms with Crippen LogP contribution in [0.15, 0.2) is 64.5 Å². The minimum Gasteiger partial charge on any atom is -0.378 e. The van der Waals surface area contributed by atoms with Gasteiger partial charge < -0.3 is 9.47 Å². The molecule has 1 fully saturated rings. The summed E-state index contributed by atoms with van der Waals surface area (Å²) in [6, 6.07) is 18.7. The average molecular weight is 473 g/mol. The Balaban J connectivity index is 1.68. The number of aromatic nitrogens is 1. The summed E-state index contributed by atoms with van der Waals surface area (Å²) in [5.74, 6) is 0.00919. The first-order valence-electron chi connectivity index (χ1n) is 11.7. The van der Waals surface area contributed by atoms with Gasteiger partial charge in [-0.3, -0.25) is 9.69 Å². The van der Waals surface area contributed by atoms with Crippen molar-refractivity contribution < 1.29 is 4.79 Å². The van der Waals surface area contributed by atoms with Gasteiger partial charge in [-0.1, -0.05) is 25.1 Å². The number of aliphatic imine (C=N–C) groups is 1. The molecule has 6 heteroatoms. The predicted molar refractivity (Wildman–Crippen MR) is 145 cm³/mol. The van der Waals surface area contributed by atoms with Crippen molar-refractivity contribution in [3.8, 4) is 5.69 Å². The Bertz CT molecular complexity index is 1270. The highest BCUT2D eigenvalue weighted by Crippen LogP contribution is 2.35. The van der Waals surface area contributed by atoms with Gasteiger partial charge in [-0.05, 0) is 92.6 Å². The van der Waals surface area contributed by atoms with Gasteiger partial charge >= 0.3 is 0 Å². The van der Waals surface area contributed by atoms with Crippen molar-refractivity contribution in [3.63, 3.8) is 0 Å². The van der Waals surface area contributed by atoms with E-state index in [0.717, 1.165) is 39.9 Å².